The maximum Gasteiger partial charge on any atom is 0.104 e. The van der Waals surface area contributed by atoms with E-state index in [9.17, 15) is 0 Å². The maximum atomic E-state index is 8.64. The van der Waals surface area contributed by atoms with Gasteiger partial charge in [0.1, 0.15) is 6.61 Å². The molecule has 4 heteroatoms. The van der Waals surface area contributed by atoms with Crippen molar-refractivity contribution in [2.24, 2.45) is 0 Å². The highest BCUT2D eigenvalue weighted by Gasteiger charge is 1.89. The van der Waals surface area contributed by atoms with Crippen LogP contribution in [0.5, 0.6) is 0 Å². The Kier molecular flexibility index (Phi) is 13.1. The molecule has 0 aromatic heterocycles. The SMILES string of the molecule is COCCCCC#CCO.OCc1ccc(CO)cc1. The number of hydrogen-bond donors (Lipinski definition) is 3. The maximum absolute atomic E-state index is 8.64. The zero-order valence-corrected chi connectivity index (χ0v) is 12.0. The summed E-state index contributed by atoms with van der Waals surface area (Å²) in [5, 5.41) is 25.5. The van der Waals surface area contributed by atoms with Crippen LogP contribution in [0.2, 0.25) is 0 Å². The van der Waals surface area contributed by atoms with Crippen molar-refractivity contribution in [1.82, 2.24) is 0 Å². The van der Waals surface area contributed by atoms with E-state index in [0.717, 1.165) is 37.0 Å². The van der Waals surface area contributed by atoms with E-state index in [2.05, 4.69) is 11.8 Å². The molecule has 0 aliphatic carbocycles. The minimum absolute atomic E-state index is 0.0235. The summed E-state index contributed by atoms with van der Waals surface area (Å²) in [4.78, 5) is 0. The zero-order chi connectivity index (χ0) is 15.1. The Bertz CT molecular complexity index is 353. The van der Waals surface area contributed by atoms with Crippen LogP contribution in [0.1, 0.15) is 30.4 Å². The first kappa shape index (κ1) is 18.6. The number of rotatable bonds is 6. The number of ether oxygens (including phenoxy) is 1. The van der Waals surface area contributed by atoms with Crippen LogP contribution < -0.4 is 0 Å². The molecule has 3 N–H and O–H groups in total. The van der Waals surface area contributed by atoms with Crippen molar-refractivity contribution >= 4 is 0 Å². The van der Waals surface area contributed by atoms with Gasteiger partial charge in [0.2, 0.25) is 0 Å². The van der Waals surface area contributed by atoms with Gasteiger partial charge in [-0.2, -0.15) is 0 Å². The van der Waals surface area contributed by atoms with Crippen molar-refractivity contribution in [3.8, 4) is 11.8 Å². The summed E-state index contributed by atoms with van der Waals surface area (Å²) in [5.41, 5.74) is 1.74. The Morgan fingerprint density at radius 3 is 1.85 bits per heavy atom. The van der Waals surface area contributed by atoms with Crippen LogP contribution in [0.25, 0.3) is 0 Å². The van der Waals surface area contributed by atoms with Gasteiger partial charge >= 0.3 is 0 Å². The highest BCUT2D eigenvalue weighted by Crippen LogP contribution is 2.03. The van der Waals surface area contributed by atoms with Crippen molar-refractivity contribution in [2.75, 3.05) is 20.3 Å². The lowest BCUT2D eigenvalue weighted by molar-refractivity contribution is 0.193. The summed E-state index contributed by atoms with van der Waals surface area (Å²) in [6.07, 6.45) is 2.97. The van der Waals surface area contributed by atoms with Gasteiger partial charge < -0.3 is 20.1 Å². The minimum Gasteiger partial charge on any atom is -0.392 e. The molecule has 0 aliphatic heterocycles. The van der Waals surface area contributed by atoms with E-state index in [4.69, 9.17) is 20.1 Å². The lowest BCUT2D eigenvalue weighted by Crippen LogP contribution is -1.86. The second kappa shape index (κ2) is 14.0. The van der Waals surface area contributed by atoms with E-state index in [-0.39, 0.29) is 19.8 Å². The number of aliphatic hydroxyl groups excluding tert-OH is 3. The molecule has 1 aromatic carbocycles. The third-order valence-electron chi connectivity index (χ3n) is 2.49. The van der Waals surface area contributed by atoms with E-state index < -0.39 is 0 Å². The lowest BCUT2D eigenvalue weighted by Gasteiger charge is -1.96. The molecule has 0 aliphatic rings. The van der Waals surface area contributed by atoms with E-state index >= 15 is 0 Å². The van der Waals surface area contributed by atoms with Gasteiger partial charge in [-0.3, -0.25) is 0 Å². The standard InChI is InChI=1S/C8H10O2.C8H14O2/c9-5-7-1-2-8(6-10)4-3-7;1-10-8-6-4-2-3-5-7-9/h1-4,9-10H,5-6H2;9H,2,4,6-8H2,1H3. The third-order valence-corrected chi connectivity index (χ3v) is 2.49. The molecule has 0 spiro atoms. The summed E-state index contributed by atoms with van der Waals surface area (Å²) in [6.45, 7) is 0.905. The number of methoxy groups -OCH3 is 1. The van der Waals surface area contributed by atoms with Crippen molar-refractivity contribution in [3.63, 3.8) is 0 Å². The first-order chi connectivity index (χ1) is 9.78. The van der Waals surface area contributed by atoms with Crippen LogP contribution in [-0.2, 0) is 18.0 Å². The Hall–Kier alpha value is -1.38. The van der Waals surface area contributed by atoms with Crippen LogP contribution in [-0.4, -0.2) is 35.6 Å². The highest BCUT2D eigenvalue weighted by molar-refractivity contribution is 5.21. The van der Waals surface area contributed by atoms with Gasteiger partial charge in [-0.25, -0.2) is 0 Å². The molecule has 0 atom stereocenters. The summed E-state index contributed by atoms with van der Waals surface area (Å²) >= 11 is 0. The van der Waals surface area contributed by atoms with Crippen molar-refractivity contribution < 1.29 is 20.1 Å². The van der Waals surface area contributed by atoms with Gasteiger partial charge in [-0.1, -0.05) is 30.2 Å². The highest BCUT2D eigenvalue weighted by atomic mass is 16.5. The minimum atomic E-state index is -0.0235. The number of aliphatic hydroxyl groups is 3. The fourth-order valence-electron chi connectivity index (χ4n) is 1.35. The fourth-order valence-corrected chi connectivity index (χ4v) is 1.35. The van der Waals surface area contributed by atoms with Gasteiger partial charge in [0.05, 0.1) is 13.2 Å². The van der Waals surface area contributed by atoms with Crippen LogP contribution in [0.15, 0.2) is 24.3 Å². The van der Waals surface area contributed by atoms with Crippen molar-refractivity contribution in [1.29, 1.82) is 0 Å². The van der Waals surface area contributed by atoms with E-state index in [1.165, 1.54) is 0 Å². The lowest BCUT2D eigenvalue weighted by atomic mass is 10.1. The average Bonchev–Trinajstić information content (AvgIpc) is 2.51. The summed E-state index contributed by atoms with van der Waals surface area (Å²) in [5.74, 6) is 5.43. The second-order valence-corrected chi connectivity index (χ2v) is 4.09. The van der Waals surface area contributed by atoms with Gasteiger partial charge in [0.15, 0.2) is 0 Å². The monoisotopic (exact) mass is 280 g/mol. The molecule has 0 unspecified atom stereocenters. The van der Waals surface area contributed by atoms with Crippen molar-refractivity contribution in [3.05, 3.63) is 35.4 Å². The van der Waals surface area contributed by atoms with Crippen LogP contribution in [0.3, 0.4) is 0 Å². The second-order valence-electron chi connectivity index (χ2n) is 4.09. The predicted octanol–water partition coefficient (Wildman–Crippen LogP) is 1.47. The Morgan fingerprint density at radius 1 is 0.900 bits per heavy atom. The predicted molar refractivity (Wildman–Crippen MR) is 78.9 cm³/mol. The Balaban J connectivity index is 0.000000361. The molecule has 0 fully saturated rings. The first-order valence-corrected chi connectivity index (χ1v) is 6.63. The van der Waals surface area contributed by atoms with Crippen molar-refractivity contribution in [2.45, 2.75) is 32.5 Å². The molecule has 0 heterocycles. The molecule has 0 saturated heterocycles. The number of hydrogen-bond acceptors (Lipinski definition) is 4. The molecule has 1 aromatic rings. The molecular formula is C16H24O4. The van der Waals surface area contributed by atoms with Crippen LogP contribution >= 0.6 is 0 Å². The smallest absolute Gasteiger partial charge is 0.104 e. The van der Waals surface area contributed by atoms with Gasteiger partial charge in [-0.05, 0) is 24.0 Å². The number of benzene rings is 1. The molecule has 0 radical (unpaired) electrons. The van der Waals surface area contributed by atoms with E-state index in [0.29, 0.717) is 0 Å². The van der Waals surface area contributed by atoms with Gasteiger partial charge in [-0.15, -0.1) is 5.92 Å². The van der Waals surface area contributed by atoms with Gasteiger partial charge in [0.25, 0.3) is 0 Å². The number of unbranched alkanes of at least 4 members (excludes halogenated alkanes) is 2. The molecule has 0 saturated carbocycles. The van der Waals surface area contributed by atoms with Crippen LogP contribution in [0.4, 0.5) is 0 Å². The summed E-state index contributed by atoms with van der Waals surface area (Å²) < 4.78 is 4.85. The molecule has 112 valence electrons. The zero-order valence-electron chi connectivity index (χ0n) is 12.0. The fraction of sp³-hybridized carbons (Fsp3) is 0.500. The Morgan fingerprint density at radius 2 is 1.45 bits per heavy atom. The molecule has 0 amide bonds. The normalized spacial score (nSPS) is 9.20. The summed E-state index contributed by atoms with van der Waals surface area (Å²) in [6, 6.07) is 7.19. The topological polar surface area (TPSA) is 69.9 Å². The average molecular weight is 280 g/mol. The van der Waals surface area contributed by atoms with E-state index in [1.54, 1.807) is 31.4 Å². The van der Waals surface area contributed by atoms with Crippen LogP contribution in [0, 0.1) is 11.8 Å². The molecule has 4 nitrogen and oxygen atoms in total. The molecule has 20 heavy (non-hydrogen) atoms. The first-order valence-electron chi connectivity index (χ1n) is 6.63. The Labute approximate surface area is 121 Å². The molecular weight excluding hydrogens is 256 g/mol. The summed E-state index contributed by atoms with van der Waals surface area (Å²) in [7, 11) is 1.69. The van der Waals surface area contributed by atoms with E-state index in [1.807, 2.05) is 0 Å². The third kappa shape index (κ3) is 10.5. The quantitative estimate of drug-likeness (QED) is 0.545. The largest absolute Gasteiger partial charge is 0.392 e. The molecule has 0 bridgehead atoms. The van der Waals surface area contributed by atoms with Gasteiger partial charge in [0, 0.05) is 20.1 Å². The molecule has 1 rings (SSSR count).